The summed E-state index contributed by atoms with van der Waals surface area (Å²) in [5.74, 6) is -3.61. The molecule has 1 aliphatic heterocycles. The molecule has 3 aromatic rings. The predicted octanol–water partition coefficient (Wildman–Crippen LogP) is 3.11. The fraction of sp³-hybridized carbons (Fsp3) is 0.304. The Balaban J connectivity index is 0.000000509. The van der Waals surface area contributed by atoms with E-state index in [9.17, 15) is 4.79 Å². The highest BCUT2D eigenvalue weighted by atomic mass is 35.5. The number of benzene rings is 1. The number of aliphatic carboxylic acids is 2. The largest absolute Gasteiger partial charge is 0.473 e. The van der Waals surface area contributed by atoms with Gasteiger partial charge in [-0.3, -0.25) is 14.6 Å². The SMILES string of the molecule is O=C(CN1CCN(Cc2nc(-c3cccs3)cs2)CC1)NCc1ccccc1Cl.O=C(O)C(=O)O. The van der Waals surface area contributed by atoms with Crippen LogP contribution in [0.4, 0.5) is 0 Å². The van der Waals surface area contributed by atoms with Crippen molar-refractivity contribution >= 4 is 52.1 Å². The van der Waals surface area contributed by atoms with Crippen LogP contribution in [0.1, 0.15) is 10.6 Å². The Morgan fingerprint density at radius 2 is 1.66 bits per heavy atom. The number of hydrogen-bond acceptors (Lipinski definition) is 8. The minimum absolute atomic E-state index is 0.0406. The van der Waals surface area contributed by atoms with Crippen molar-refractivity contribution in [3.8, 4) is 10.6 Å². The quantitative estimate of drug-likeness (QED) is 0.394. The Bertz CT molecular complexity index is 1120. The topological polar surface area (TPSA) is 123 Å². The van der Waals surface area contributed by atoms with Gasteiger partial charge in [-0.2, -0.15) is 0 Å². The minimum atomic E-state index is -1.82. The highest BCUT2D eigenvalue weighted by Crippen LogP contribution is 2.26. The molecule has 0 unspecified atom stereocenters. The zero-order valence-corrected chi connectivity index (χ0v) is 21.1. The van der Waals surface area contributed by atoms with Crippen molar-refractivity contribution in [2.24, 2.45) is 0 Å². The van der Waals surface area contributed by atoms with Crippen molar-refractivity contribution in [3.05, 3.63) is 62.8 Å². The first-order valence-electron chi connectivity index (χ1n) is 10.7. The second kappa shape index (κ2) is 13.3. The van der Waals surface area contributed by atoms with Gasteiger partial charge in [-0.1, -0.05) is 35.9 Å². The molecule has 1 fully saturated rings. The van der Waals surface area contributed by atoms with Gasteiger partial charge in [-0.05, 0) is 23.1 Å². The molecule has 12 heteroatoms. The van der Waals surface area contributed by atoms with Gasteiger partial charge in [0.15, 0.2) is 0 Å². The van der Waals surface area contributed by atoms with Gasteiger partial charge >= 0.3 is 11.9 Å². The molecule has 0 aliphatic carbocycles. The number of thiophene rings is 1. The number of thiazole rings is 1. The van der Waals surface area contributed by atoms with E-state index in [-0.39, 0.29) is 5.91 Å². The summed E-state index contributed by atoms with van der Waals surface area (Å²) in [7, 11) is 0. The maximum Gasteiger partial charge on any atom is 0.414 e. The van der Waals surface area contributed by atoms with Gasteiger partial charge in [-0.15, -0.1) is 22.7 Å². The van der Waals surface area contributed by atoms with Crippen molar-refractivity contribution in [1.29, 1.82) is 0 Å². The summed E-state index contributed by atoms with van der Waals surface area (Å²) in [6.07, 6.45) is 0. The number of aromatic nitrogens is 1. The van der Waals surface area contributed by atoms with Crippen molar-refractivity contribution in [3.63, 3.8) is 0 Å². The van der Waals surface area contributed by atoms with Crippen molar-refractivity contribution in [2.75, 3.05) is 32.7 Å². The monoisotopic (exact) mass is 536 g/mol. The van der Waals surface area contributed by atoms with Gasteiger partial charge in [-0.25, -0.2) is 14.6 Å². The molecule has 4 rings (SSSR count). The van der Waals surface area contributed by atoms with Gasteiger partial charge in [0.1, 0.15) is 5.01 Å². The molecule has 1 saturated heterocycles. The molecular weight excluding hydrogens is 512 g/mol. The van der Waals surface area contributed by atoms with E-state index in [2.05, 4.69) is 38.0 Å². The molecule has 1 aromatic carbocycles. The molecule has 0 radical (unpaired) electrons. The van der Waals surface area contributed by atoms with Crippen LogP contribution in [0.2, 0.25) is 5.02 Å². The third-order valence-corrected chi connectivity index (χ3v) is 7.23. The first kappa shape index (κ1) is 26.8. The van der Waals surface area contributed by atoms with E-state index in [1.54, 1.807) is 22.7 Å². The smallest absolute Gasteiger partial charge is 0.414 e. The number of carboxylic acid groups (broad SMARTS) is 2. The molecule has 3 heterocycles. The maximum atomic E-state index is 12.3. The van der Waals surface area contributed by atoms with Crippen LogP contribution in [0.25, 0.3) is 10.6 Å². The van der Waals surface area contributed by atoms with Crippen molar-refractivity contribution in [1.82, 2.24) is 20.1 Å². The third kappa shape index (κ3) is 8.71. The van der Waals surface area contributed by atoms with E-state index >= 15 is 0 Å². The van der Waals surface area contributed by atoms with Crippen LogP contribution < -0.4 is 5.32 Å². The van der Waals surface area contributed by atoms with Gasteiger partial charge in [0.2, 0.25) is 5.91 Å². The Morgan fingerprint density at radius 3 is 2.29 bits per heavy atom. The van der Waals surface area contributed by atoms with E-state index in [1.807, 2.05) is 24.3 Å². The molecular formula is C23H25ClN4O5S2. The lowest BCUT2D eigenvalue weighted by Gasteiger charge is -2.33. The Morgan fingerprint density at radius 1 is 0.971 bits per heavy atom. The van der Waals surface area contributed by atoms with Crippen LogP contribution in [0.3, 0.4) is 0 Å². The standard InChI is InChI=1S/C21H23ClN4OS2.C2H2O4/c22-17-5-2-1-4-16(17)12-23-20(27)13-25-7-9-26(10-8-25)14-21-24-18(15-29-21)19-6-3-11-28-19;3-1(4)2(5)6/h1-6,11,15H,7-10,12-14H2,(H,23,27);(H,3,4)(H,5,6). The van der Waals surface area contributed by atoms with Crippen LogP contribution in [0.15, 0.2) is 47.2 Å². The number of piperazine rings is 1. The Labute approximate surface area is 215 Å². The number of hydrogen-bond donors (Lipinski definition) is 3. The van der Waals surface area contributed by atoms with Crippen LogP contribution in [0, 0.1) is 0 Å². The molecule has 0 atom stereocenters. The Kier molecular flexibility index (Phi) is 10.2. The van der Waals surface area contributed by atoms with Crippen LogP contribution in [0.5, 0.6) is 0 Å². The third-order valence-electron chi connectivity index (χ3n) is 5.13. The summed E-state index contributed by atoms with van der Waals surface area (Å²) in [4.78, 5) is 41.1. The average Bonchev–Trinajstić information content (AvgIpc) is 3.52. The second-order valence-corrected chi connectivity index (χ2v) is 9.93. The summed E-state index contributed by atoms with van der Waals surface area (Å²) in [6, 6.07) is 11.8. The number of nitrogens with zero attached hydrogens (tertiary/aromatic N) is 3. The van der Waals surface area contributed by atoms with Gasteiger partial charge in [0.05, 0.1) is 23.7 Å². The highest BCUT2D eigenvalue weighted by molar-refractivity contribution is 7.14. The summed E-state index contributed by atoms with van der Waals surface area (Å²) in [6.45, 7) is 5.46. The molecule has 186 valence electrons. The number of carbonyl (C=O) groups is 3. The molecule has 0 bridgehead atoms. The van der Waals surface area contributed by atoms with Crippen LogP contribution >= 0.6 is 34.3 Å². The number of amides is 1. The first-order valence-corrected chi connectivity index (χ1v) is 12.8. The zero-order valence-electron chi connectivity index (χ0n) is 18.7. The van der Waals surface area contributed by atoms with Gasteiger partial charge in [0, 0.05) is 43.1 Å². The molecule has 3 N–H and O–H groups in total. The summed E-state index contributed by atoms with van der Waals surface area (Å²) in [5.41, 5.74) is 2.02. The minimum Gasteiger partial charge on any atom is -0.473 e. The van der Waals surface area contributed by atoms with Crippen molar-refractivity contribution < 1.29 is 24.6 Å². The molecule has 35 heavy (non-hydrogen) atoms. The Hall–Kier alpha value is -2.83. The van der Waals surface area contributed by atoms with E-state index < -0.39 is 11.9 Å². The van der Waals surface area contributed by atoms with Crippen LogP contribution in [-0.4, -0.2) is 75.6 Å². The molecule has 1 aliphatic rings. The average molecular weight is 537 g/mol. The van der Waals surface area contributed by atoms with E-state index in [4.69, 9.17) is 36.4 Å². The lowest BCUT2D eigenvalue weighted by Crippen LogP contribution is -2.49. The van der Waals surface area contributed by atoms with E-state index in [0.29, 0.717) is 18.1 Å². The number of carboxylic acids is 2. The summed E-state index contributed by atoms with van der Waals surface area (Å²) in [5, 5.41) is 23.8. The number of rotatable bonds is 7. The second-order valence-electron chi connectivity index (χ2n) is 7.63. The first-order chi connectivity index (χ1) is 16.8. The normalized spacial score (nSPS) is 14.1. The molecule has 2 aromatic heterocycles. The maximum absolute atomic E-state index is 12.3. The predicted molar refractivity (Wildman–Crippen MR) is 136 cm³/mol. The van der Waals surface area contributed by atoms with Crippen molar-refractivity contribution in [2.45, 2.75) is 13.1 Å². The summed E-state index contributed by atoms with van der Waals surface area (Å²) < 4.78 is 0. The number of halogens is 1. The van der Waals surface area contributed by atoms with Crippen LogP contribution in [-0.2, 0) is 27.5 Å². The van der Waals surface area contributed by atoms with Gasteiger partial charge in [0.25, 0.3) is 0 Å². The molecule has 1 amide bonds. The highest BCUT2D eigenvalue weighted by Gasteiger charge is 2.20. The molecule has 0 saturated carbocycles. The number of nitrogens with one attached hydrogen (secondary N) is 1. The number of carbonyl (C=O) groups excluding carboxylic acids is 1. The summed E-state index contributed by atoms with van der Waals surface area (Å²) >= 11 is 9.59. The fourth-order valence-corrected chi connectivity index (χ4v) is 5.11. The van der Waals surface area contributed by atoms with E-state index in [0.717, 1.165) is 49.0 Å². The molecule has 9 nitrogen and oxygen atoms in total. The lowest BCUT2D eigenvalue weighted by atomic mass is 10.2. The molecule has 0 spiro atoms. The van der Waals surface area contributed by atoms with E-state index in [1.165, 1.54) is 4.88 Å². The fourth-order valence-electron chi connectivity index (χ4n) is 3.31. The lowest BCUT2D eigenvalue weighted by molar-refractivity contribution is -0.159. The zero-order chi connectivity index (χ0) is 25.2. The van der Waals surface area contributed by atoms with Gasteiger partial charge < -0.3 is 15.5 Å².